The average molecular weight is 345 g/mol. The Kier molecular flexibility index (Phi) is 4.64. The Bertz CT molecular complexity index is 608. The van der Waals surface area contributed by atoms with E-state index in [-0.39, 0.29) is 0 Å². The van der Waals surface area contributed by atoms with Crippen LogP contribution in [-0.2, 0) is 6.42 Å². The molecule has 1 heterocycles. The van der Waals surface area contributed by atoms with Crippen molar-refractivity contribution in [2.24, 2.45) is 5.92 Å². The van der Waals surface area contributed by atoms with Gasteiger partial charge in [0.25, 0.3) is 0 Å². The van der Waals surface area contributed by atoms with Gasteiger partial charge in [0.15, 0.2) is 0 Å². The molecule has 2 aromatic rings. The smallest absolute Gasteiger partial charge is 0.122 e. The maximum Gasteiger partial charge on any atom is 0.122 e. The molecule has 2 heteroatoms. The van der Waals surface area contributed by atoms with Crippen LogP contribution in [0.1, 0.15) is 29.0 Å². The third kappa shape index (κ3) is 3.49. The van der Waals surface area contributed by atoms with Crippen molar-refractivity contribution in [2.75, 3.05) is 11.9 Å². The Morgan fingerprint density at radius 2 is 2.05 bits per heavy atom. The lowest BCUT2D eigenvalue weighted by Crippen LogP contribution is -2.13. The molecule has 0 N–H and O–H groups in total. The van der Waals surface area contributed by atoms with Crippen LogP contribution in [0.5, 0.6) is 5.75 Å². The largest absolute Gasteiger partial charge is 0.493 e. The number of benzene rings is 2. The molecule has 0 fully saturated rings. The quantitative estimate of drug-likeness (QED) is 0.684. The van der Waals surface area contributed by atoms with Crippen molar-refractivity contribution >= 4 is 15.9 Å². The van der Waals surface area contributed by atoms with Crippen LogP contribution in [0.2, 0.25) is 0 Å². The summed E-state index contributed by atoms with van der Waals surface area (Å²) in [5.74, 6) is 2.26. The van der Waals surface area contributed by atoms with Gasteiger partial charge in [-0.2, -0.15) is 0 Å². The van der Waals surface area contributed by atoms with E-state index in [4.69, 9.17) is 4.74 Å². The Morgan fingerprint density at radius 3 is 2.86 bits per heavy atom. The molecule has 0 aliphatic carbocycles. The lowest BCUT2D eigenvalue weighted by atomic mass is 9.87. The first-order valence-electron chi connectivity index (χ1n) is 7.59. The highest BCUT2D eigenvalue weighted by Crippen LogP contribution is 2.38. The van der Waals surface area contributed by atoms with Crippen LogP contribution in [0.15, 0.2) is 48.5 Å². The number of para-hydroxylation sites is 1. The minimum absolute atomic E-state index is 0.536. The highest BCUT2D eigenvalue weighted by atomic mass is 79.9. The maximum atomic E-state index is 5.81. The van der Waals surface area contributed by atoms with E-state index < -0.39 is 0 Å². The molecule has 1 aliphatic rings. The predicted octanol–water partition coefficient (Wildman–Crippen LogP) is 5.11. The molecule has 0 amide bonds. The summed E-state index contributed by atoms with van der Waals surface area (Å²) in [5.41, 5.74) is 4.16. The molecular formula is C19H21BrO. The van der Waals surface area contributed by atoms with Gasteiger partial charge in [0, 0.05) is 16.8 Å². The van der Waals surface area contributed by atoms with E-state index in [9.17, 15) is 0 Å². The van der Waals surface area contributed by atoms with E-state index >= 15 is 0 Å². The number of ether oxygens (including phenoxy) is 1. The van der Waals surface area contributed by atoms with Crippen molar-refractivity contribution in [2.45, 2.75) is 25.7 Å². The number of hydrogen-bond donors (Lipinski definition) is 0. The highest BCUT2D eigenvalue weighted by molar-refractivity contribution is 9.09. The van der Waals surface area contributed by atoms with Crippen molar-refractivity contribution in [3.63, 3.8) is 0 Å². The fraction of sp³-hybridized carbons (Fsp3) is 0.368. The molecule has 3 rings (SSSR count). The van der Waals surface area contributed by atoms with Crippen LogP contribution in [0.4, 0.5) is 0 Å². The third-order valence-electron chi connectivity index (χ3n) is 4.24. The minimum atomic E-state index is 0.536. The summed E-state index contributed by atoms with van der Waals surface area (Å²) in [6.45, 7) is 2.99. The summed E-state index contributed by atoms with van der Waals surface area (Å²) in [6.07, 6.45) is 2.31. The van der Waals surface area contributed by atoms with Gasteiger partial charge >= 0.3 is 0 Å². The molecule has 2 atom stereocenters. The Labute approximate surface area is 135 Å². The lowest BCUT2D eigenvalue weighted by molar-refractivity contribution is 0.311. The van der Waals surface area contributed by atoms with Crippen LogP contribution >= 0.6 is 15.9 Å². The molecule has 1 nitrogen and oxygen atoms in total. The Hall–Kier alpha value is -1.28. The summed E-state index contributed by atoms with van der Waals surface area (Å²) in [5, 5.41) is 1.04. The zero-order valence-electron chi connectivity index (χ0n) is 12.4. The van der Waals surface area contributed by atoms with Crippen molar-refractivity contribution in [3.05, 3.63) is 65.2 Å². The number of rotatable bonds is 5. The first-order chi connectivity index (χ1) is 10.3. The average Bonchev–Trinajstić information content (AvgIpc) is 2.90. The molecule has 21 heavy (non-hydrogen) atoms. The predicted molar refractivity (Wildman–Crippen MR) is 91.5 cm³/mol. The fourth-order valence-electron chi connectivity index (χ4n) is 3.20. The zero-order chi connectivity index (χ0) is 14.7. The Balaban J connectivity index is 1.68. The van der Waals surface area contributed by atoms with Crippen molar-refractivity contribution in [1.29, 1.82) is 0 Å². The van der Waals surface area contributed by atoms with Crippen LogP contribution in [0.25, 0.3) is 0 Å². The second-order valence-corrected chi connectivity index (χ2v) is 6.64. The second kappa shape index (κ2) is 6.65. The van der Waals surface area contributed by atoms with E-state index in [0.717, 1.165) is 24.1 Å². The highest BCUT2D eigenvalue weighted by Gasteiger charge is 2.26. The molecule has 0 spiro atoms. The second-order valence-electron chi connectivity index (χ2n) is 5.99. The van der Waals surface area contributed by atoms with Crippen molar-refractivity contribution in [1.82, 2.24) is 0 Å². The van der Waals surface area contributed by atoms with E-state index in [1.807, 2.05) is 0 Å². The molecule has 0 saturated carbocycles. The summed E-state index contributed by atoms with van der Waals surface area (Å²) >= 11 is 3.70. The van der Waals surface area contributed by atoms with Gasteiger partial charge in [-0.15, -0.1) is 0 Å². The molecule has 110 valence electrons. The number of aryl methyl sites for hydroxylation is 1. The van der Waals surface area contributed by atoms with Gasteiger partial charge in [0.2, 0.25) is 0 Å². The number of fused-ring (bicyclic) bond motifs is 1. The molecule has 1 aliphatic heterocycles. The monoisotopic (exact) mass is 344 g/mol. The topological polar surface area (TPSA) is 9.23 Å². The number of halogens is 1. The molecule has 2 aromatic carbocycles. The summed E-state index contributed by atoms with van der Waals surface area (Å²) in [6, 6.07) is 17.3. The zero-order valence-corrected chi connectivity index (χ0v) is 14.0. The molecule has 2 unspecified atom stereocenters. The third-order valence-corrected chi connectivity index (χ3v) is 5.16. The van der Waals surface area contributed by atoms with Crippen molar-refractivity contribution < 1.29 is 4.74 Å². The van der Waals surface area contributed by atoms with E-state index in [2.05, 4.69) is 71.4 Å². The number of alkyl halides is 1. The first kappa shape index (κ1) is 14.6. The van der Waals surface area contributed by atoms with E-state index in [0.29, 0.717) is 11.8 Å². The van der Waals surface area contributed by atoms with Gasteiger partial charge in [-0.3, -0.25) is 0 Å². The minimum Gasteiger partial charge on any atom is -0.493 e. The van der Waals surface area contributed by atoms with Crippen molar-refractivity contribution in [3.8, 4) is 5.75 Å². The lowest BCUT2D eigenvalue weighted by Gasteiger charge is -2.18. The van der Waals surface area contributed by atoms with Gasteiger partial charge in [-0.1, -0.05) is 64.0 Å². The summed E-state index contributed by atoms with van der Waals surface area (Å²) in [4.78, 5) is 0. The summed E-state index contributed by atoms with van der Waals surface area (Å²) < 4.78 is 5.81. The number of hydrogen-bond acceptors (Lipinski definition) is 1. The molecular weight excluding hydrogens is 324 g/mol. The van der Waals surface area contributed by atoms with Crippen LogP contribution < -0.4 is 4.74 Å². The SMILES string of the molecule is Cc1cccc(CC(CBr)CC2COc3ccccc32)c1. The summed E-state index contributed by atoms with van der Waals surface area (Å²) in [7, 11) is 0. The Morgan fingerprint density at radius 1 is 1.19 bits per heavy atom. The molecule has 0 radical (unpaired) electrons. The van der Waals surface area contributed by atoms with Crippen LogP contribution in [0, 0.1) is 12.8 Å². The van der Waals surface area contributed by atoms with Gasteiger partial charge in [-0.25, -0.2) is 0 Å². The normalized spacial score (nSPS) is 18.1. The van der Waals surface area contributed by atoms with E-state index in [1.165, 1.54) is 23.1 Å². The van der Waals surface area contributed by atoms with Gasteiger partial charge in [-0.05, 0) is 37.3 Å². The molecule has 0 bridgehead atoms. The molecule has 0 aromatic heterocycles. The molecule has 0 saturated heterocycles. The standard InChI is InChI=1S/C19H21BrO/c1-14-5-4-6-15(9-14)10-16(12-20)11-17-13-21-19-8-3-2-7-18(17)19/h2-9,16-17H,10-13H2,1H3. The van der Waals surface area contributed by atoms with E-state index in [1.54, 1.807) is 0 Å². The van der Waals surface area contributed by atoms with Gasteiger partial charge in [0.1, 0.15) is 5.75 Å². The fourth-order valence-corrected chi connectivity index (χ4v) is 3.69. The van der Waals surface area contributed by atoms with Gasteiger partial charge < -0.3 is 4.74 Å². The van der Waals surface area contributed by atoms with Crippen LogP contribution in [0.3, 0.4) is 0 Å². The maximum absolute atomic E-state index is 5.81. The first-order valence-corrected chi connectivity index (χ1v) is 8.71. The van der Waals surface area contributed by atoms with Crippen LogP contribution in [-0.4, -0.2) is 11.9 Å². The van der Waals surface area contributed by atoms with Gasteiger partial charge in [0.05, 0.1) is 6.61 Å².